The molecule has 0 aromatic heterocycles. The second-order valence-electron chi connectivity index (χ2n) is 7.20. The molecule has 1 aliphatic rings. The molecule has 25 heavy (non-hydrogen) atoms. The average molecular weight is 359 g/mol. The van der Waals surface area contributed by atoms with Gasteiger partial charge in [0.15, 0.2) is 0 Å². The number of carbonyl (C=O) groups excluding carboxylic acids is 1. The molecule has 1 heterocycles. The maximum atomic E-state index is 12.9. The molecule has 2 N–H and O–H groups in total. The summed E-state index contributed by atoms with van der Waals surface area (Å²) in [6, 6.07) is 3.61. The van der Waals surface area contributed by atoms with Gasteiger partial charge in [-0.05, 0) is 44.5 Å². The summed E-state index contributed by atoms with van der Waals surface area (Å²) in [7, 11) is 0. The minimum absolute atomic E-state index is 0.0946. The zero-order valence-corrected chi connectivity index (χ0v) is 14.7. The number of nitrogens with zero attached hydrogens (tertiary/aromatic N) is 2. The van der Waals surface area contributed by atoms with E-state index < -0.39 is 17.3 Å². The van der Waals surface area contributed by atoms with E-state index in [2.05, 4.69) is 0 Å². The maximum Gasteiger partial charge on any atom is 0.416 e. The molecule has 0 aliphatic carbocycles. The van der Waals surface area contributed by atoms with Crippen LogP contribution in [0.4, 0.5) is 23.7 Å². The van der Waals surface area contributed by atoms with Crippen LogP contribution in [0.5, 0.6) is 0 Å². The van der Waals surface area contributed by atoms with Crippen molar-refractivity contribution in [2.75, 3.05) is 31.9 Å². The molecule has 0 radical (unpaired) electrons. The smallest absolute Gasteiger partial charge is 0.416 e. The molecule has 140 valence electrons. The molecule has 2 rings (SSSR count). The van der Waals surface area contributed by atoms with Crippen LogP contribution in [-0.4, -0.2) is 47.7 Å². The van der Waals surface area contributed by atoms with Gasteiger partial charge >= 0.3 is 12.3 Å². The number of nitrogen functional groups attached to an aromatic ring is 1. The van der Waals surface area contributed by atoms with Crippen molar-refractivity contribution in [3.8, 4) is 0 Å². The lowest BCUT2D eigenvalue weighted by Gasteiger charge is -2.35. The summed E-state index contributed by atoms with van der Waals surface area (Å²) in [6.45, 7) is 7.85. The van der Waals surface area contributed by atoms with E-state index in [0.29, 0.717) is 38.3 Å². The molecule has 1 fully saturated rings. The topological polar surface area (TPSA) is 58.8 Å². The normalized spacial score (nSPS) is 16.8. The van der Waals surface area contributed by atoms with Gasteiger partial charge in [0.2, 0.25) is 0 Å². The molecule has 0 saturated carbocycles. The van der Waals surface area contributed by atoms with Crippen molar-refractivity contribution in [2.45, 2.75) is 39.1 Å². The minimum atomic E-state index is -4.42. The van der Waals surface area contributed by atoms with Gasteiger partial charge < -0.3 is 15.4 Å². The summed E-state index contributed by atoms with van der Waals surface area (Å²) >= 11 is 0. The van der Waals surface area contributed by atoms with Crippen LogP contribution in [0.3, 0.4) is 0 Å². The number of carbonyl (C=O) groups is 1. The van der Waals surface area contributed by atoms with Crippen LogP contribution in [0.15, 0.2) is 18.2 Å². The van der Waals surface area contributed by atoms with Crippen LogP contribution in [0.25, 0.3) is 0 Å². The molecule has 0 spiro atoms. The van der Waals surface area contributed by atoms with Gasteiger partial charge in [-0.15, -0.1) is 0 Å². The van der Waals surface area contributed by atoms with E-state index in [4.69, 9.17) is 10.5 Å². The summed E-state index contributed by atoms with van der Waals surface area (Å²) in [6.07, 6.45) is -4.78. The first-order valence-electron chi connectivity index (χ1n) is 8.11. The van der Waals surface area contributed by atoms with Crippen LogP contribution in [0.1, 0.15) is 31.9 Å². The third-order valence-electron chi connectivity index (χ3n) is 3.77. The molecule has 1 aliphatic heterocycles. The second-order valence-corrected chi connectivity index (χ2v) is 7.20. The first-order valence-corrected chi connectivity index (χ1v) is 8.11. The lowest BCUT2D eigenvalue weighted by atomic mass is 10.1. The van der Waals surface area contributed by atoms with Crippen LogP contribution < -0.4 is 5.73 Å². The molecule has 1 aromatic carbocycles. The Hall–Kier alpha value is -1.96. The van der Waals surface area contributed by atoms with Crippen molar-refractivity contribution < 1.29 is 22.7 Å². The molecule has 0 unspecified atom stereocenters. The van der Waals surface area contributed by atoms with Gasteiger partial charge in [0.05, 0.1) is 5.56 Å². The molecule has 0 atom stereocenters. The Morgan fingerprint density at radius 1 is 1.12 bits per heavy atom. The van der Waals surface area contributed by atoms with E-state index in [-0.39, 0.29) is 11.8 Å². The average Bonchev–Trinajstić information content (AvgIpc) is 2.44. The number of amides is 1. The number of halogens is 3. The number of benzene rings is 1. The Morgan fingerprint density at radius 2 is 1.72 bits per heavy atom. The largest absolute Gasteiger partial charge is 0.444 e. The lowest BCUT2D eigenvalue weighted by molar-refractivity contribution is -0.137. The van der Waals surface area contributed by atoms with Gasteiger partial charge in [-0.2, -0.15) is 13.2 Å². The van der Waals surface area contributed by atoms with E-state index in [1.165, 1.54) is 0 Å². The number of alkyl halides is 3. The number of anilines is 1. The molecular weight excluding hydrogens is 335 g/mol. The lowest BCUT2D eigenvalue weighted by Crippen LogP contribution is -2.49. The first-order chi connectivity index (χ1) is 11.4. The van der Waals surface area contributed by atoms with E-state index in [0.717, 1.165) is 12.1 Å². The van der Waals surface area contributed by atoms with Gasteiger partial charge in [0.1, 0.15) is 5.60 Å². The zero-order valence-electron chi connectivity index (χ0n) is 14.7. The summed E-state index contributed by atoms with van der Waals surface area (Å²) in [5, 5.41) is 0. The van der Waals surface area contributed by atoms with E-state index in [9.17, 15) is 18.0 Å². The fourth-order valence-corrected chi connectivity index (χ4v) is 2.65. The minimum Gasteiger partial charge on any atom is -0.444 e. The predicted molar refractivity (Wildman–Crippen MR) is 88.9 cm³/mol. The molecule has 1 aromatic rings. The van der Waals surface area contributed by atoms with Crippen molar-refractivity contribution >= 4 is 11.8 Å². The maximum absolute atomic E-state index is 12.9. The van der Waals surface area contributed by atoms with E-state index in [1.54, 1.807) is 31.7 Å². The molecule has 1 amide bonds. The van der Waals surface area contributed by atoms with Crippen molar-refractivity contribution in [3.05, 3.63) is 29.3 Å². The van der Waals surface area contributed by atoms with Crippen molar-refractivity contribution in [1.29, 1.82) is 0 Å². The molecule has 8 heteroatoms. The van der Waals surface area contributed by atoms with Crippen molar-refractivity contribution in [1.82, 2.24) is 9.80 Å². The molecule has 0 bridgehead atoms. The Labute approximate surface area is 145 Å². The fraction of sp³-hybridized carbons (Fsp3) is 0.588. The number of nitrogens with two attached hydrogens (primary N) is 1. The standard InChI is InChI=1S/C17H24F3N3O2/c1-16(2,3)25-15(24)23-6-4-22(5-7-23)11-12-8-13(17(18,19)20)10-14(21)9-12/h8-10H,4-7,11,21H2,1-3H3. The zero-order chi connectivity index (χ0) is 18.8. The number of hydrogen-bond acceptors (Lipinski definition) is 4. The van der Waals surface area contributed by atoms with Crippen LogP contribution >= 0.6 is 0 Å². The number of piperazine rings is 1. The Bertz CT molecular complexity index is 619. The summed E-state index contributed by atoms with van der Waals surface area (Å²) < 4.78 is 44.0. The summed E-state index contributed by atoms with van der Waals surface area (Å²) in [4.78, 5) is 15.6. The van der Waals surface area contributed by atoms with E-state index in [1.807, 2.05) is 4.90 Å². The summed E-state index contributed by atoms with van der Waals surface area (Å²) in [5.41, 5.74) is 4.91. The highest BCUT2D eigenvalue weighted by atomic mass is 19.4. The SMILES string of the molecule is CC(C)(C)OC(=O)N1CCN(Cc2cc(N)cc(C(F)(F)F)c2)CC1. The van der Waals surface area contributed by atoms with Gasteiger partial charge in [-0.3, -0.25) is 4.90 Å². The highest BCUT2D eigenvalue weighted by Gasteiger charge is 2.31. The first kappa shape index (κ1) is 19.4. The van der Waals surface area contributed by atoms with Gasteiger partial charge in [-0.1, -0.05) is 0 Å². The van der Waals surface area contributed by atoms with Crippen molar-refractivity contribution in [2.24, 2.45) is 0 Å². The highest BCUT2D eigenvalue weighted by molar-refractivity contribution is 5.68. The fourth-order valence-electron chi connectivity index (χ4n) is 2.65. The number of rotatable bonds is 2. The third kappa shape index (κ3) is 5.81. The van der Waals surface area contributed by atoms with Crippen molar-refractivity contribution in [3.63, 3.8) is 0 Å². The Kier molecular flexibility index (Phi) is 5.51. The number of ether oxygens (including phenoxy) is 1. The van der Waals surface area contributed by atoms with Crippen LogP contribution in [0, 0.1) is 0 Å². The van der Waals surface area contributed by atoms with Gasteiger partial charge in [0, 0.05) is 38.4 Å². The molecular formula is C17H24F3N3O2. The number of hydrogen-bond donors (Lipinski definition) is 1. The summed E-state index contributed by atoms with van der Waals surface area (Å²) in [5.74, 6) is 0. The van der Waals surface area contributed by atoms with Gasteiger partial charge in [-0.25, -0.2) is 4.79 Å². The molecule has 1 saturated heterocycles. The Balaban J connectivity index is 1.94. The second kappa shape index (κ2) is 7.11. The van der Waals surface area contributed by atoms with E-state index >= 15 is 0 Å². The Morgan fingerprint density at radius 3 is 2.24 bits per heavy atom. The third-order valence-corrected chi connectivity index (χ3v) is 3.77. The molecule has 5 nitrogen and oxygen atoms in total. The monoisotopic (exact) mass is 359 g/mol. The highest BCUT2D eigenvalue weighted by Crippen LogP contribution is 2.31. The van der Waals surface area contributed by atoms with Crippen LogP contribution in [0.2, 0.25) is 0 Å². The van der Waals surface area contributed by atoms with Crippen LogP contribution in [-0.2, 0) is 17.5 Å². The predicted octanol–water partition coefficient (Wildman–Crippen LogP) is 3.34. The quantitative estimate of drug-likeness (QED) is 0.823. The van der Waals surface area contributed by atoms with Gasteiger partial charge in [0.25, 0.3) is 0 Å².